The van der Waals surface area contributed by atoms with Gasteiger partial charge in [-0.1, -0.05) is 13.8 Å². The van der Waals surface area contributed by atoms with E-state index in [9.17, 15) is 18.1 Å². The number of phenols is 1. The summed E-state index contributed by atoms with van der Waals surface area (Å²) in [5.74, 6) is -0.454. The molecule has 1 rings (SSSR count). The summed E-state index contributed by atoms with van der Waals surface area (Å²) in [5, 5.41) is 10.3. The Kier molecular flexibility index (Phi) is 4.88. The standard InChI is InChI=1S/C13H20O6S/c1-6-7(2)9-10(14)11(18-4)8(3)12(19-5)13(9)20(15,16)17/h7,14H,6H2,1-5H3,(H,15,16,17). The maximum absolute atomic E-state index is 11.7. The van der Waals surface area contributed by atoms with Crippen molar-refractivity contribution in [1.82, 2.24) is 0 Å². The first kappa shape index (κ1) is 16.6. The van der Waals surface area contributed by atoms with Gasteiger partial charge in [-0.15, -0.1) is 0 Å². The lowest BCUT2D eigenvalue weighted by atomic mass is 9.95. The molecule has 1 aromatic carbocycles. The molecule has 0 bridgehead atoms. The van der Waals surface area contributed by atoms with Gasteiger partial charge in [-0.2, -0.15) is 8.42 Å². The van der Waals surface area contributed by atoms with Gasteiger partial charge in [0.15, 0.2) is 11.5 Å². The van der Waals surface area contributed by atoms with Gasteiger partial charge in [0, 0.05) is 11.1 Å². The third-order valence-corrected chi connectivity index (χ3v) is 4.29. The minimum atomic E-state index is -4.54. The minimum absolute atomic E-state index is 0.0162. The number of hydrogen-bond donors (Lipinski definition) is 2. The monoisotopic (exact) mass is 304 g/mol. The molecular formula is C13H20O6S. The highest BCUT2D eigenvalue weighted by Gasteiger charge is 2.32. The van der Waals surface area contributed by atoms with Gasteiger partial charge in [0.25, 0.3) is 10.1 Å². The van der Waals surface area contributed by atoms with Gasteiger partial charge in [0.05, 0.1) is 14.2 Å². The summed E-state index contributed by atoms with van der Waals surface area (Å²) in [5.41, 5.74) is 0.418. The fraction of sp³-hybridized carbons (Fsp3) is 0.538. The molecule has 0 heterocycles. The molecule has 0 amide bonds. The van der Waals surface area contributed by atoms with E-state index in [0.717, 1.165) is 0 Å². The first-order valence-electron chi connectivity index (χ1n) is 6.15. The minimum Gasteiger partial charge on any atom is -0.504 e. The van der Waals surface area contributed by atoms with E-state index in [0.29, 0.717) is 12.0 Å². The van der Waals surface area contributed by atoms with Crippen LogP contribution in [0.2, 0.25) is 0 Å². The normalized spacial score (nSPS) is 13.1. The van der Waals surface area contributed by atoms with Gasteiger partial charge < -0.3 is 14.6 Å². The van der Waals surface area contributed by atoms with Gasteiger partial charge in [-0.3, -0.25) is 4.55 Å². The van der Waals surface area contributed by atoms with Gasteiger partial charge in [0.1, 0.15) is 10.6 Å². The molecule has 7 heteroatoms. The van der Waals surface area contributed by atoms with Crippen molar-refractivity contribution in [2.75, 3.05) is 14.2 Å². The molecule has 0 aromatic heterocycles. The Morgan fingerprint density at radius 3 is 2.05 bits per heavy atom. The van der Waals surface area contributed by atoms with E-state index in [2.05, 4.69) is 0 Å². The molecule has 0 saturated heterocycles. The molecular weight excluding hydrogens is 284 g/mol. The molecule has 0 spiro atoms. The van der Waals surface area contributed by atoms with Crippen molar-refractivity contribution in [2.24, 2.45) is 0 Å². The zero-order valence-electron chi connectivity index (χ0n) is 12.2. The van der Waals surface area contributed by atoms with E-state index in [-0.39, 0.29) is 28.7 Å². The fourth-order valence-electron chi connectivity index (χ4n) is 2.22. The van der Waals surface area contributed by atoms with Gasteiger partial charge in [-0.05, 0) is 19.3 Å². The molecule has 1 unspecified atom stereocenters. The van der Waals surface area contributed by atoms with E-state index in [4.69, 9.17) is 9.47 Å². The Morgan fingerprint density at radius 2 is 1.70 bits per heavy atom. The van der Waals surface area contributed by atoms with Gasteiger partial charge in [-0.25, -0.2) is 0 Å². The SMILES string of the molecule is CCC(C)c1c(O)c(OC)c(C)c(OC)c1S(=O)(=O)O. The van der Waals surface area contributed by atoms with E-state index in [1.54, 1.807) is 13.8 Å². The van der Waals surface area contributed by atoms with Crippen LogP contribution in [0.5, 0.6) is 17.2 Å². The fourth-order valence-corrected chi connectivity index (χ4v) is 3.26. The number of rotatable bonds is 5. The van der Waals surface area contributed by atoms with Crippen molar-refractivity contribution in [1.29, 1.82) is 0 Å². The number of ether oxygens (including phenoxy) is 2. The third kappa shape index (κ3) is 2.69. The first-order chi connectivity index (χ1) is 9.20. The summed E-state index contributed by atoms with van der Waals surface area (Å²) in [6, 6.07) is 0. The lowest BCUT2D eigenvalue weighted by Crippen LogP contribution is -2.11. The third-order valence-electron chi connectivity index (χ3n) is 3.37. The molecule has 20 heavy (non-hydrogen) atoms. The van der Waals surface area contributed by atoms with E-state index >= 15 is 0 Å². The van der Waals surface area contributed by atoms with E-state index in [1.807, 2.05) is 6.92 Å². The Bertz CT molecular complexity index is 606. The maximum atomic E-state index is 11.7. The van der Waals surface area contributed by atoms with Crippen LogP contribution in [0.3, 0.4) is 0 Å². The van der Waals surface area contributed by atoms with Crippen molar-refractivity contribution in [2.45, 2.75) is 38.0 Å². The van der Waals surface area contributed by atoms with Crippen molar-refractivity contribution < 1.29 is 27.6 Å². The average molecular weight is 304 g/mol. The predicted molar refractivity (Wildman–Crippen MR) is 74.5 cm³/mol. The lowest BCUT2D eigenvalue weighted by molar-refractivity contribution is 0.346. The zero-order valence-corrected chi connectivity index (χ0v) is 13.0. The Morgan fingerprint density at radius 1 is 1.20 bits per heavy atom. The zero-order chi connectivity index (χ0) is 15.7. The van der Waals surface area contributed by atoms with E-state index in [1.165, 1.54) is 14.2 Å². The average Bonchev–Trinajstić information content (AvgIpc) is 2.36. The molecule has 1 aromatic rings. The van der Waals surface area contributed by atoms with Crippen molar-refractivity contribution >= 4 is 10.1 Å². The molecule has 114 valence electrons. The number of benzene rings is 1. The highest BCUT2D eigenvalue weighted by atomic mass is 32.2. The quantitative estimate of drug-likeness (QED) is 0.812. The van der Waals surface area contributed by atoms with Crippen LogP contribution in [0.4, 0.5) is 0 Å². The molecule has 0 aliphatic carbocycles. The predicted octanol–water partition coefficient (Wildman–Crippen LogP) is 2.48. The summed E-state index contributed by atoms with van der Waals surface area (Å²) >= 11 is 0. The molecule has 0 saturated carbocycles. The lowest BCUT2D eigenvalue weighted by Gasteiger charge is -2.22. The topological polar surface area (TPSA) is 93.1 Å². The van der Waals surface area contributed by atoms with Crippen LogP contribution < -0.4 is 9.47 Å². The maximum Gasteiger partial charge on any atom is 0.298 e. The Balaban J connectivity index is 3.97. The number of phenolic OH excluding ortho intramolecular Hbond substituents is 1. The second-order valence-corrected chi connectivity index (χ2v) is 5.93. The molecule has 1 atom stereocenters. The van der Waals surface area contributed by atoms with E-state index < -0.39 is 15.0 Å². The van der Waals surface area contributed by atoms with Crippen LogP contribution in [0.25, 0.3) is 0 Å². The summed E-state index contributed by atoms with van der Waals surface area (Å²) in [6.07, 6.45) is 0.575. The molecule has 0 aliphatic heterocycles. The molecule has 2 N–H and O–H groups in total. The second-order valence-electron chi connectivity index (χ2n) is 4.57. The Labute approximate surface area is 119 Å². The smallest absolute Gasteiger partial charge is 0.298 e. The summed E-state index contributed by atoms with van der Waals surface area (Å²) in [6.45, 7) is 5.14. The summed E-state index contributed by atoms with van der Waals surface area (Å²) in [7, 11) is -1.87. The van der Waals surface area contributed by atoms with Gasteiger partial charge in [0.2, 0.25) is 0 Å². The Hall–Kier alpha value is -1.47. The molecule has 0 fully saturated rings. The molecule has 0 radical (unpaired) electrons. The molecule has 0 aliphatic rings. The first-order valence-corrected chi connectivity index (χ1v) is 7.59. The van der Waals surface area contributed by atoms with Crippen LogP contribution in [0.1, 0.15) is 37.3 Å². The van der Waals surface area contributed by atoms with Crippen molar-refractivity contribution in [3.05, 3.63) is 11.1 Å². The number of aromatic hydroxyl groups is 1. The van der Waals surface area contributed by atoms with Crippen LogP contribution in [0, 0.1) is 6.92 Å². The van der Waals surface area contributed by atoms with Crippen molar-refractivity contribution in [3.8, 4) is 17.2 Å². The highest BCUT2D eigenvalue weighted by Crippen LogP contribution is 2.48. The summed E-state index contributed by atoms with van der Waals surface area (Å²) in [4.78, 5) is -0.398. The van der Waals surface area contributed by atoms with Crippen LogP contribution >= 0.6 is 0 Å². The van der Waals surface area contributed by atoms with Crippen molar-refractivity contribution in [3.63, 3.8) is 0 Å². The highest BCUT2D eigenvalue weighted by molar-refractivity contribution is 7.86. The van der Waals surface area contributed by atoms with Crippen LogP contribution in [-0.2, 0) is 10.1 Å². The van der Waals surface area contributed by atoms with Gasteiger partial charge >= 0.3 is 0 Å². The second kappa shape index (κ2) is 5.88. The van der Waals surface area contributed by atoms with Crippen LogP contribution in [-0.4, -0.2) is 32.3 Å². The van der Waals surface area contributed by atoms with Crippen LogP contribution in [0.15, 0.2) is 4.90 Å². The summed E-state index contributed by atoms with van der Waals surface area (Å²) < 4.78 is 43.1. The molecule has 6 nitrogen and oxygen atoms in total. The number of methoxy groups -OCH3 is 2. The largest absolute Gasteiger partial charge is 0.504 e. The number of hydrogen-bond acceptors (Lipinski definition) is 5.